The van der Waals surface area contributed by atoms with Crippen LogP contribution in [0.4, 0.5) is 0 Å². The molecule has 1 fully saturated rings. The van der Waals surface area contributed by atoms with Crippen LogP contribution in [0.5, 0.6) is 0 Å². The van der Waals surface area contributed by atoms with Crippen LogP contribution in [0.25, 0.3) is 0 Å². The Morgan fingerprint density at radius 1 is 1.27 bits per heavy atom. The van der Waals surface area contributed by atoms with E-state index in [1.807, 2.05) is 0 Å². The summed E-state index contributed by atoms with van der Waals surface area (Å²) in [5, 5.41) is 3.63. The molecule has 0 aromatic carbocycles. The first-order valence-corrected chi connectivity index (χ1v) is 6.44. The van der Waals surface area contributed by atoms with E-state index < -0.39 is 0 Å². The van der Waals surface area contributed by atoms with Crippen molar-refractivity contribution in [2.45, 2.75) is 52.9 Å². The van der Waals surface area contributed by atoms with E-state index in [1.54, 1.807) is 0 Å². The Balaban J connectivity index is 2.29. The van der Waals surface area contributed by atoms with Gasteiger partial charge in [-0.3, -0.25) is 0 Å². The lowest BCUT2D eigenvalue weighted by molar-refractivity contribution is 0.246. The van der Waals surface area contributed by atoms with Gasteiger partial charge in [0, 0.05) is 13.1 Å². The van der Waals surface area contributed by atoms with Crippen LogP contribution < -0.4 is 11.1 Å². The third-order valence-corrected chi connectivity index (χ3v) is 4.07. The first kappa shape index (κ1) is 13.0. The minimum Gasteiger partial charge on any atom is -0.330 e. The zero-order valence-electron chi connectivity index (χ0n) is 10.7. The Hall–Kier alpha value is -0.0800. The summed E-state index contributed by atoms with van der Waals surface area (Å²) in [5.41, 5.74) is 6.57. The molecular formula is C13H28N2. The fourth-order valence-electron chi connectivity index (χ4n) is 2.52. The van der Waals surface area contributed by atoms with Gasteiger partial charge in [0.1, 0.15) is 0 Å². The van der Waals surface area contributed by atoms with Crippen molar-refractivity contribution >= 4 is 0 Å². The van der Waals surface area contributed by atoms with Gasteiger partial charge < -0.3 is 11.1 Å². The highest BCUT2D eigenvalue weighted by Gasteiger charge is 2.31. The normalized spacial score (nSPS) is 20.8. The molecule has 1 aliphatic carbocycles. The van der Waals surface area contributed by atoms with E-state index in [2.05, 4.69) is 26.1 Å². The molecule has 0 bridgehead atoms. The maximum atomic E-state index is 5.73. The third kappa shape index (κ3) is 3.76. The number of nitrogens with one attached hydrogen (secondary N) is 1. The molecule has 3 N–H and O–H groups in total. The third-order valence-electron chi connectivity index (χ3n) is 4.07. The molecule has 0 radical (unpaired) electrons. The van der Waals surface area contributed by atoms with Crippen LogP contribution in [0, 0.1) is 10.8 Å². The summed E-state index contributed by atoms with van der Waals surface area (Å²) < 4.78 is 0. The molecular weight excluding hydrogens is 184 g/mol. The summed E-state index contributed by atoms with van der Waals surface area (Å²) in [6, 6.07) is 0. The van der Waals surface area contributed by atoms with E-state index in [-0.39, 0.29) is 5.41 Å². The maximum absolute atomic E-state index is 5.73. The van der Waals surface area contributed by atoms with Crippen molar-refractivity contribution in [3.8, 4) is 0 Å². The molecule has 0 heterocycles. The van der Waals surface area contributed by atoms with Gasteiger partial charge in [0.2, 0.25) is 0 Å². The van der Waals surface area contributed by atoms with E-state index in [1.165, 1.54) is 38.6 Å². The van der Waals surface area contributed by atoms with Gasteiger partial charge in [0.25, 0.3) is 0 Å². The van der Waals surface area contributed by atoms with Gasteiger partial charge in [0.15, 0.2) is 0 Å². The zero-order chi connectivity index (χ0) is 11.4. The van der Waals surface area contributed by atoms with Crippen molar-refractivity contribution in [1.29, 1.82) is 0 Å². The molecule has 0 aromatic heterocycles. The molecule has 2 heteroatoms. The van der Waals surface area contributed by atoms with Crippen molar-refractivity contribution in [1.82, 2.24) is 5.32 Å². The van der Waals surface area contributed by atoms with Crippen molar-refractivity contribution < 1.29 is 0 Å². The van der Waals surface area contributed by atoms with Crippen molar-refractivity contribution in [2.24, 2.45) is 16.6 Å². The Labute approximate surface area is 95.0 Å². The second kappa shape index (κ2) is 5.31. The zero-order valence-corrected chi connectivity index (χ0v) is 10.7. The molecule has 15 heavy (non-hydrogen) atoms. The summed E-state index contributed by atoms with van der Waals surface area (Å²) in [6.07, 6.45) is 7.01. The van der Waals surface area contributed by atoms with Crippen molar-refractivity contribution in [3.63, 3.8) is 0 Å². The van der Waals surface area contributed by atoms with Gasteiger partial charge in [0.05, 0.1) is 0 Å². The smallest absolute Gasteiger partial charge is 0.00148 e. The molecule has 0 aromatic rings. The van der Waals surface area contributed by atoms with Crippen LogP contribution in [-0.4, -0.2) is 19.6 Å². The minimum absolute atomic E-state index is 0.244. The highest BCUT2D eigenvalue weighted by atomic mass is 14.9. The highest BCUT2D eigenvalue weighted by molar-refractivity contribution is 4.86. The van der Waals surface area contributed by atoms with Crippen LogP contribution in [0.15, 0.2) is 0 Å². The van der Waals surface area contributed by atoms with Gasteiger partial charge in [-0.2, -0.15) is 0 Å². The van der Waals surface area contributed by atoms with Crippen LogP contribution in [0.3, 0.4) is 0 Å². The van der Waals surface area contributed by atoms with Crippen molar-refractivity contribution in [3.05, 3.63) is 0 Å². The molecule has 2 nitrogen and oxygen atoms in total. The molecule has 1 saturated carbocycles. The van der Waals surface area contributed by atoms with Gasteiger partial charge in [-0.15, -0.1) is 0 Å². The van der Waals surface area contributed by atoms with Crippen LogP contribution in [-0.2, 0) is 0 Å². The Kier molecular flexibility index (Phi) is 4.60. The molecule has 0 saturated heterocycles. The molecule has 0 unspecified atom stereocenters. The molecule has 0 amide bonds. The molecule has 0 aliphatic heterocycles. The molecule has 0 atom stereocenters. The average molecular weight is 212 g/mol. The molecule has 0 spiro atoms. The van der Waals surface area contributed by atoms with Gasteiger partial charge in [-0.1, -0.05) is 33.6 Å². The highest BCUT2D eigenvalue weighted by Crippen LogP contribution is 2.40. The second-order valence-corrected chi connectivity index (χ2v) is 6.03. The van der Waals surface area contributed by atoms with E-state index in [4.69, 9.17) is 5.73 Å². The largest absolute Gasteiger partial charge is 0.330 e. The lowest BCUT2D eigenvalue weighted by Crippen LogP contribution is -2.40. The molecule has 1 rings (SSSR count). The number of rotatable bonds is 6. The molecule has 1 aliphatic rings. The van der Waals surface area contributed by atoms with Crippen LogP contribution in [0.2, 0.25) is 0 Å². The Morgan fingerprint density at radius 3 is 2.33 bits per heavy atom. The monoisotopic (exact) mass is 212 g/mol. The van der Waals surface area contributed by atoms with Crippen molar-refractivity contribution in [2.75, 3.05) is 19.6 Å². The van der Waals surface area contributed by atoms with E-state index >= 15 is 0 Å². The maximum Gasteiger partial charge on any atom is 0.00148 e. The standard InChI is InChI=1S/C13H28N2/c1-4-13(7-5-6-8-13)11-15-10-12(2,3)9-14/h15H,4-11,14H2,1-3H3. The van der Waals surface area contributed by atoms with E-state index in [0.29, 0.717) is 5.41 Å². The summed E-state index contributed by atoms with van der Waals surface area (Å²) in [7, 11) is 0. The fourth-order valence-corrected chi connectivity index (χ4v) is 2.52. The van der Waals surface area contributed by atoms with Gasteiger partial charge in [-0.05, 0) is 36.6 Å². The molecule has 90 valence electrons. The SMILES string of the molecule is CCC1(CNCC(C)(C)CN)CCCC1. The predicted octanol–water partition coefficient (Wildman–Crippen LogP) is 2.53. The summed E-state index contributed by atoms with van der Waals surface area (Å²) in [6.45, 7) is 9.79. The quantitative estimate of drug-likeness (QED) is 0.710. The topological polar surface area (TPSA) is 38.0 Å². The number of hydrogen-bond acceptors (Lipinski definition) is 2. The van der Waals surface area contributed by atoms with Gasteiger partial charge in [-0.25, -0.2) is 0 Å². The van der Waals surface area contributed by atoms with E-state index in [0.717, 1.165) is 13.1 Å². The number of hydrogen-bond donors (Lipinski definition) is 2. The second-order valence-electron chi connectivity index (χ2n) is 6.03. The van der Waals surface area contributed by atoms with Gasteiger partial charge >= 0.3 is 0 Å². The van der Waals surface area contributed by atoms with Crippen LogP contribution >= 0.6 is 0 Å². The average Bonchev–Trinajstić information content (AvgIpc) is 2.67. The number of nitrogens with two attached hydrogens (primary N) is 1. The fraction of sp³-hybridized carbons (Fsp3) is 1.00. The lowest BCUT2D eigenvalue weighted by atomic mass is 9.83. The Morgan fingerprint density at radius 2 is 1.87 bits per heavy atom. The van der Waals surface area contributed by atoms with Crippen LogP contribution in [0.1, 0.15) is 52.9 Å². The Bertz CT molecular complexity index is 181. The minimum atomic E-state index is 0.244. The van der Waals surface area contributed by atoms with E-state index in [9.17, 15) is 0 Å². The predicted molar refractivity (Wildman–Crippen MR) is 66.9 cm³/mol. The summed E-state index contributed by atoms with van der Waals surface area (Å²) in [5.74, 6) is 0. The first-order valence-electron chi connectivity index (χ1n) is 6.44. The summed E-state index contributed by atoms with van der Waals surface area (Å²) >= 11 is 0. The lowest BCUT2D eigenvalue weighted by Gasteiger charge is -2.30. The first-order chi connectivity index (χ1) is 7.04. The summed E-state index contributed by atoms with van der Waals surface area (Å²) in [4.78, 5) is 0.